The lowest BCUT2D eigenvalue weighted by molar-refractivity contribution is -0.0498. The number of aryl methyl sites for hydroxylation is 1. The van der Waals surface area contributed by atoms with Crippen molar-refractivity contribution in [1.82, 2.24) is 4.31 Å². The Balaban J connectivity index is 1.85. The van der Waals surface area contributed by atoms with Crippen LogP contribution in [0, 0.1) is 0 Å². The summed E-state index contributed by atoms with van der Waals surface area (Å²) in [5, 5.41) is 0. The van der Waals surface area contributed by atoms with Gasteiger partial charge in [-0.2, -0.15) is 13.1 Å². The molecule has 0 aliphatic heterocycles. The summed E-state index contributed by atoms with van der Waals surface area (Å²) in [6.45, 7) is -0.640. The Morgan fingerprint density at radius 2 is 1.77 bits per heavy atom. The van der Waals surface area contributed by atoms with Gasteiger partial charge < -0.3 is 14.2 Å². The number of halogens is 2. The molecule has 0 N–H and O–H groups in total. The Morgan fingerprint density at radius 3 is 2.42 bits per heavy atom. The normalized spacial score (nSPS) is 13.7. The van der Waals surface area contributed by atoms with Crippen molar-refractivity contribution in [3.8, 4) is 17.2 Å². The smallest absolute Gasteiger partial charge is 0.387 e. The van der Waals surface area contributed by atoms with Crippen molar-refractivity contribution in [2.75, 3.05) is 20.8 Å². The lowest BCUT2D eigenvalue weighted by Crippen LogP contribution is -2.32. The number of sulfonamides is 1. The second-order valence-electron chi connectivity index (χ2n) is 6.97. The number of ether oxygens (including phenoxy) is 3. The van der Waals surface area contributed by atoms with E-state index in [0.29, 0.717) is 34.9 Å². The zero-order chi connectivity index (χ0) is 22.6. The molecule has 0 bridgehead atoms. The van der Waals surface area contributed by atoms with Crippen LogP contribution in [0.5, 0.6) is 17.2 Å². The van der Waals surface area contributed by atoms with Gasteiger partial charge in [0.1, 0.15) is 5.75 Å². The van der Waals surface area contributed by atoms with Crippen molar-refractivity contribution in [2.45, 2.75) is 32.9 Å². The first-order chi connectivity index (χ1) is 14.8. The molecule has 1 aliphatic rings. The van der Waals surface area contributed by atoms with Gasteiger partial charge in [0.25, 0.3) is 0 Å². The van der Waals surface area contributed by atoms with E-state index in [9.17, 15) is 17.2 Å². The molecule has 0 saturated carbocycles. The zero-order valence-corrected chi connectivity index (χ0v) is 18.4. The molecule has 6 nitrogen and oxygen atoms in total. The predicted octanol–water partition coefficient (Wildman–Crippen LogP) is 4.44. The van der Waals surface area contributed by atoms with E-state index in [1.54, 1.807) is 37.3 Å². The van der Waals surface area contributed by atoms with Crippen LogP contribution in [0.25, 0.3) is 6.08 Å². The summed E-state index contributed by atoms with van der Waals surface area (Å²) in [6, 6.07) is 9.85. The summed E-state index contributed by atoms with van der Waals surface area (Å²) < 4.78 is 67.8. The van der Waals surface area contributed by atoms with Gasteiger partial charge in [-0.15, -0.1) is 0 Å². The molecular weight excluding hydrogens is 428 g/mol. The van der Waals surface area contributed by atoms with E-state index in [4.69, 9.17) is 9.47 Å². The molecule has 2 aromatic carbocycles. The van der Waals surface area contributed by atoms with E-state index in [2.05, 4.69) is 4.74 Å². The molecule has 0 aromatic heterocycles. The third-order valence-electron chi connectivity index (χ3n) is 5.13. The van der Waals surface area contributed by atoms with Crippen LogP contribution in [-0.2, 0) is 23.0 Å². The topological polar surface area (TPSA) is 65.1 Å². The van der Waals surface area contributed by atoms with Crippen LogP contribution in [0.2, 0.25) is 0 Å². The summed E-state index contributed by atoms with van der Waals surface area (Å²) >= 11 is 0. The Morgan fingerprint density at radius 1 is 1.03 bits per heavy atom. The van der Waals surface area contributed by atoms with Gasteiger partial charge in [-0.05, 0) is 59.9 Å². The number of methoxy groups -OCH3 is 2. The van der Waals surface area contributed by atoms with E-state index in [1.807, 2.05) is 0 Å². The molecule has 0 radical (unpaired) electrons. The number of alkyl halides is 2. The van der Waals surface area contributed by atoms with E-state index in [0.717, 1.165) is 11.1 Å². The van der Waals surface area contributed by atoms with Gasteiger partial charge in [0.15, 0.2) is 11.5 Å². The Labute approximate surface area is 181 Å². The van der Waals surface area contributed by atoms with E-state index in [-0.39, 0.29) is 18.7 Å². The van der Waals surface area contributed by atoms with Crippen molar-refractivity contribution >= 4 is 16.1 Å². The van der Waals surface area contributed by atoms with Crippen molar-refractivity contribution in [2.24, 2.45) is 0 Å². The number of fused-ring (bicyclic) bond motifs is 1. The van der Waals surface area contributed by atoms with Gasteiger partial charge in [-0.25, -0.2) is 8.42 Å². The monoisotopic (exact) mass is 453 g/mol. The highest BCUT2D eigenvalue weighted by molar-refractivity contribution is 7.93. The molecule has 0 saturated heterocycles. The van der Waals surface area contributed by atoms with E-state index >= 15 is 0 Å². The number of hydrogen-bond donors (Lipinski definition) is 0. The minimum atomic E-state index is -3.71. The maximum Gasteiger partial charge on any atom is 0.387 e. The maximum atomic E-state index is 13.3. The molecule has 31 heavy (non-hydrogen) atoms. The molecule has 0 amide bonds. The molecule has 9 heteroatoms. The number of rotatable bonds is 9. The van der Waals surface area contributed by atoms with Gasteiger partial charge >= 0.3 is 6.61 Å². The quantitative estimate of drug-likeness (QED) is 0.562. The standard InChI is InChI=1S/C22H25F2NO5S/c1-4-25(14-15-5-10-20(28-2)21(11-15)29-3)31(26,27)19-9-7-16-12-18(30-22(23)24)8-6-17(16)13-19/h5-6,8,10-13,22H,4,7,9,14H2,1-3H3. The molecule has 2 aromatic rings. The minimum Gasteiger partial charge on any atom is -0.493 e. The van der Waals surface area contributed by atoms with Crippen molar-refractivity contribution < 1.29 is 31.4 Å². The van der Waals surface area contributed by atoms with Gasteiger partial charge in [0.05, 0.1) is 19.1 Å². The maximum absolute atomic E-state index is 13.3. The third kappa shape index (κ3) is 5.16. The average Bonchev–Trinajstić information content (AvgIpc) is 2.76. The largest absolute Gasteiger partial charge is 0.493 e. The molecule has 0 unspecified atom stereocenters. The van der Waals surface area contributed by atoms with Gasteiger partial charge in [-0.3, -0.25) is 0 Å². The van der Waals surface area contributed by atoms with Crippen LogP contribution < -0.4 is 14.2 Å². The van der Waals surface area contributed by atoms with Crippen LogP contribution in [-0.4, -0.2) is 40.1 Å². The fourth-order valence-corrected chi connectivity index (χ4v) is 5.16. The highest BCUT2D eigenvalue weighted by Crippen LogP contribution is 2.33. The molecule has 1 aliphatic carbocycles. The van der Waals surface area contributed by atoms with Gasteiger partial charge in [0, 0.05) is 13.1 Å². The van der Waals surface area contributed by atoms with Crippen molar-refractivity contribution in [1.29, 1.82) is 0 Å². The summed E-state index contributed by atoms with van der Waals surface area (Å²) in [4.78, 5) is 0.296. The average molecular weight is 454 g/mol. The SMILES string of the molecule is CCN(Cc1ccc(OC)c(OC)c1)S(=O)(=O)C1=Cc2ccc(OC(F)F)cc2CC1. The Kier molecular flexibility index (Phi) is 7.17. The highest BCUT2D eigenvalue weighted by atomic mass is 32.2. The fourth-order valence-electron chi connectivity index (χ4n) is 3.54. The molecule has 168 valence electrons. The summed E-state index contributed by atoms with van der Waals surface area (Å²) in [6.07, 6.45) is 2.32. The number of benzene rings is 2. The molecular formula is C22H25F2NO5S. The van der Waals surface area contributed by atoms with Crippen LogP contribution in [0.1, 0.15) is 30.0 Å². The lowest BCUT2D eigenvalue weighted by atomic mass is 9.97. The van der Waals surface area contributed by atoms with Gasteiger partial charge in [-0.1, -0.05) is 19.1 Å². The minimum absolute atomic E-state index is 0.0668. The van der Waals surface area contributed by atoms with Crippen LogP contribution in [0.4, 0.5) is 8.78 Å². The molecule has 0 fully saturated rings. The van der Waals surface area contributed by atoms with Crippen LogP contribution in [0.15, 0.2) is 41.3 Å². The fraction of sp³-hybridized carbons (Fsp3) is 0.364. The zero-order valence-electron chi connectivity index (χ0n) is 17.6. The molecule has 3 rings (SSSR count). The summed E-state index contributed by atoms with van der Waals surface area (Å²) in [5.41, 5.74) is 2.24. The Bertz CT molecular complexity index is 1070. The lowest BCUT2D eigenvalue weighted by Gasteiger charge is -2.25. The van der Waals surface area contributed by atoms with Crippen molar-refractivity contribution in [3.63, 3.8) is 0 Å². The first-order valence-corrected chi connectivity index (χ1v) is 11.2. The summed E-state index contributed by atoms with van der Waals surface area (Å²) in [7, 11) is -0.645. The first kappa shape index (κ1) is 23.0. The molecule has 0 atom stereocenters. The van der Waals surface area contributed by atoms with Crippen LogP contribution >= 0.6 is 0 Å². The number of hydrogen-bond acceptors (Lipinski definition) is 5. The highest BCUT2D eigenvalue weighted by Gasteiger charge is 2.28. The second kappa shape index (κ2) is 9.65. The molecule has 0 heterocycles. The second-order valence-corrected chi connectivity index (χ2v) is 8.96. The van der Waals surface area contributed by atoms with E-state index < -0.39 is 16.6 Å². The third-order valence-corrected chi connectivity index (χ3v) is 7.18. The predicted molar refractivity (Wildman–Crippen MR) is 114 cm³/mol. The van der Waals surface area contributed by atoms with Gasteiger partial charge in [0.2, 0.25) is 10.0 Å². The van der Waals surface area contributed by atoms with E-state index in [1.165, 1.54) is 30.7 Å². The van der Waals surface area contributed by atoms with Crippen LogP contribution in [0.3, 0.4) is 0 Å². The Hall–Kier alpha value is -2.65. The number of allylic oxidation sites excluding steroid dienone is 1. The molecule has 0 spiro atoms. The summed E-state index contributed by atoms with van der Waals surface area (Å²) in [5.74, 6) is 1.16. The van der Waals surface area contributed by atoms with Crippen molar-refractivity contribution in [3.05, 3.63) is 58.0 Å². The first-order valence-electron chi connectivity index (χ1n) is 9.77. The number of nitrogens with zero attached hydrogens (tertiary/aromatic N) is 1.